The molecule has 0 N–H and O–H groups in total. The first-order valence-corrected chi connectivity index (χ1v) is 12.8. The molecule has 0 aliphatic carbocycles. The van der Waals surface area contributed by atoms with E-state index in [4.69, 9.17) is 8.22 Å². The Hall–Kier alpha value is -4.22. The van der Waals surface area contributed by atoms with Crippen molar-refractivity contribution in [3.05, 3.63) is 115 Å². The summed E-state index contributed by atoms with van der Waals surface area (Å²) in [6.45, 7) is -4.25. The normalized spacial score (nSPS) is 16.1. The molecule has 0 fully saturated rings. The molecule has 2 aromatic heterocycles. The Morgan fingerprint density at radius 2 is 1.59 bits per heavy atom. The van der Waals surface area contributed by atoms with Gasteiger partial charge in [-0.25, -0.2) is 4.98 Å². The van der Waals surface area contributed by atoms with Crippen LogP contribution in [0.3, 0.4) is 0 Å². The van der Waals surface area contributed by atoms with Gasteiger partial charge in [-0.1, -0.05) is 54.2 Å². The highest BCUT2D eigenvalue weighted by atomic mass is 32.2. The summed E-state index contributed by atoms with van der Waals surface area (Å²) in [6, 6.07) is 33.2. The quantitative estimate of drug-likeness (QED) is 0.242. The predicted octanol–water partition coefficient (Wildman–Crippen LogP) is 8.18. The van der Waals surface area contributed by atoms with Crippen molar-refractivity contribution in [3.63, 3.8) is 0 Å². The Kier molecular flexibility index (Phi) is 3.89. The van der Waals surface area contributed by atoms with Crippen LogP contribution in [0, 0.1) is 6.85 Å². The zero-order chi connectivity index (χ0) is 29.9. The van der Waals surface area contributed by atoms with Crippen LogP contribution in [-0.4, -0.2) is 23.2 Å². The van der Waals surface area contributed by atoms with E-state index in [1.54, 1.807) is 24.0 Å². The van der Waals surface area contributed by atoms with E-state index in [1.807, 2.05) is 70.1 Å². The molecule has 0 unspecified atom stereocenters. The summed E-state index contributed by atoms with van der Waals surface area (Å²) in [6.07, 6.45) is 1.55. The average Bonchev–Trinajstić information content (AvgIpc) is 3.53. The molecule has 5 heteroatoms. The number of aryl methyl sites for hydroxylation is 1. The smallest absolute Gasteiger partial charge is 0.137 e. The summed E-state index contributed by atoms with van der Waals surface area (Å²) in [7, 11) is 0. The fraction of sp³-hybridized carbons (Fsp3) is 0.0938. The van der Waals surface area contributed by atoms with Gasteiger partial charge in [0.2, 0.25) is 0 Å². The van der Waals surface area contributed by atoms with E-state index < -0.39 is 13.8 Å². The third kappa shape index (κ3) is 3.74. The van der Waals surface area contributed by atoms with Crippen molar-refractivity contribution in [1.29, 1.82) is 0 Å². The summed E-state index contributed by atoms with van der Waals surface area (Å²) in [5.41, 5.74) is 4.58. The maximum atomic E-state index is 8.03. The minimum atomic E-state index is -2.25. The van der Waals surface area contributed by atoms with Crippen molar-refractivity contribution < 1.29 is 8.22 Å². The Morgan fingerprint density at radius 3 is 2.51 bits per heavy atom. The second-order valence-electron chi connectivity index (χ2n) is 9.02. The van der Waals surface area contributed by atoms with E-state index >= 15 is 0 Å². The fourth-order valence-corrected chi connectivity index (χ4v) is 5.99. The lowest BCUT2D eigenvalue weighted by atomic mass is 10.2. The highest BCUT2D eigenvalue weighted by Crippen LogP contribution is 2.41. The number of hydrogen-bond donors (Lipinski definition) is 0. The van der Waals surface area contributed by atoms with Gasteiger partial charge in [-0.05, 0) is 73.1 Å². The maximum absolute atomic E-state index is 8.03. The standard InChI is InChI=1S/C32H26N4S/c1-22-16-17-33-32(18-22)36-28-11-4-3-10-26(28)27-15-14-25(20-31(27)36)37-24-9-7-8-23(19-24)35-21-34(2)29-12-5-6-13-30(29)35/h3-20H,21H2,1-2H3/i1D3,2D3. The molecule has 6 aromatic rings. The lowest BCUT2D eigenvalue weighted by Gasteiger charge is -2.20. The van der Waals surface area contributed by atoms with Crippen molar-refractivity contribution in [2.24, 2.45) is 0 Å². The van der Waals surface area contributed by atoms with E-state index in [0.717, 1.165) is 43.0 Å². The number of fused-ring (bicyclic) bond motifs is 4. The average molecular weight is 505 g/mol. The molecule has 7 rings (SSSR count). The summed E-state index contributed by atoms with van der Waals surface area (Å²) in [5, 5.41) is 2.11. The minimum Gasteiger partial charge on any atom is -0.355 e. The van der Waals surface area contributed by atoms with E-state index in [-0.39, 0.29) is 12.2 Å². The summed E-state index contributed by atoms with van der Waals surface area (Å²) in [5.74, 6) is 0.551. The minimum absolute atomic E-state index is 0.234. The molecule has 0 spiro atoms. The van der Waals surface area contributed by atoms with Gasteiger partial charge < -0.3 is 9.80 Å². The van der Waals surface area contributed by atoms with Gasteiger partial charge in [0, 0.05) is 47.6 Å². The lowest BCUT2D eigenvalue weighted by Crippen LogP contribution is -2.23. The fourth-order valence-electron chi connectivity index (χ4n) is 5.09. The topological polar surface area (TPSA) is 24.3 Å². The third-order valence-electron chi connectivity index (χ3n) is 6.73. The van der Waals surface area contributed by atoms with Crippen LogP contribution >= 0.6 is 11.8 Å². The predicted molar refractivity (Wildman–Crippen MR) is 156 cm³/mol. The number of anilines is 3. The van der Waals surface area contributed by atoms with Crippen LogP contribution < -0.4 is 9.80 Å². The first-order chi connectivity index (χ1) is 20.6. The van der Waals surface area contributed by atoms with Gasteiger partial charge in [-0.3, -0.25) is 4.57 Å². The number of pyridine rings is 1. The molecule has 180 valence electrons. The molecule has 0 atom stereocenters. The summed E-state index contributed by atoms with van der Waals surface area (Å²) in [4.78, 5) is 10.0. The largest absolute Gasteiger partial charge is 0.355 e. The van der Waals surface area contributed by atoms with Gasteiger partial charge in [-0.15, -0.1) is 0 Å². The van der Waals surface area contributed by atoms with Crippen molar-refractivity contribution in [1.82, 2.24) is 9.55 Å². The van der Waals surface area contributed by atoms with Gasteiger partial charge >= 0.3 is 0 Å². The molecule has 4 aromatic carbocycles. The first-order valence-electron chi connectivity index (χ1n) is 15.0. The Labute approximate surface area is 229 Å². The van der Waals surface area contributed by atoms with Gasteiger partial charge in [0.15, 0.2) is 0 Å². The Morgan fingerprint density at radius 1 is 0.757 bits per heavy atom. The van der Waals surface area contributed by atoms with Crippen LogP contribution in [0.5, 0.6) is 0 Å². The number of aromatic nitrogens is 2. The summed E-state index contributed by atoms with van der Waals surface area (Å²) < 4.78 is 49.8. The number of para-hydroxylation sites is 3. The first kappa shape index (κ1) is 16.5. The number of nitrogens with zero attached hydrogens (tertiary/aromatic N) is 4. The third-order valence-corrected chi connectivity index (χ3v) is 7.71. The second kappa shape index (κ2) is 8.71. The molecular weight excluding hydrogens is 472 g/mol. The van der Waals surface area contributed by atoms with E-state index in [1.165, 1.54) is 11.0 Å². The number of benzene rings is 4. The van der Waals surface area contributed by atoms with Crippen molar-refractivity contribution in [2.45, 2.75) is 16.6 Å². The van der Waals surface area contributed by atoms with Crippen LogP contribution in [0.2, 0.25) is 0 Å². The Bertz CT molecular complexity index is 2000. The van der Waals surface area contributed by atoms with Crippen molar-refractivity contribution in [2.75, 3.05) is 23.4 Å². The van der Waals surface area contributed by atoms with Crippen LogP contribution in [0.25, 0.3) is 27.6 Å². The van der Waals surface area contributed by atoms with Gasteiger partial charge in [0.25, 0.3) is 0 Å². The number of rotatable bonds is 4. The molecule has 1 aliphatic rings. The molecular formula is C32H26N4S. The van der Waals surface area contributed by atoms with Crippen molar-refractivity contribution >= 4 is 50.6 Å². The molecule has 0 saturated carbocycles. The molecule has 4 nitrogen and oxygen atoms in total. The second-order valence-corrected chi connectivity index (χ2v) is 10.2. The van der Waals surface area contributed by atoms with E-state index in [2.05, 4.69) is 35.3 Å². The highest BCUT2D eigenvalue weighted by molar-refractivity contribution is 7.99. The number of hydrogen-bond acceptors (Lipinski definition) is 4. The Balaban J connectivity index is 1.28. The lowest BCUT2D eigenvalue weighted by molar-refractivity contribution is 0.948. The molecule has 0 bridgehead atoms. The molecule has 0 saturated heterocycles. The SMILES string of the molecule is [2H]C([2H])([2H])c1ccnc(-n2c3ccccc3c3ccc(Sc4cccc(N5CN(C([2H])([2H])[2H])c6ccccc65)c4)cc32)c1. The van der Waals surface area contributed by atoms with Gasteiger partial charge in [-0.2, -0.15) is 0 Å². The van der Waals surface area contributed by atoms with Crippen molar-refractivity contribution in [3.8, 4) is 5.82 Å². The molecule has 3 heterocycles. The van der Waals surface area contributed by atoms with Gasteiger partial charge in [0.1, 0.15) is 5.82 Å². The van der Waals surface area contributed by atoms with Crippen LogP contribution in [0.15, 0.2) is 119 Å². The molecule has 0 amide bonds. The van der Waals surface area contributed by atoms with Crippen LogP contribution in [-0.2, 0) is 0 Å². The zero-order valence-electron chi connectivity index (χ0n) is 25.8. The highest BCUT2D eigenvalue weighted by Gasteiger charge is 2.24. The van der Waals surface area contributed by atoms with Crippen LogP contribution in [0.1, 0.15) is 13.8 Å². The monoisotopic (exact) mass is 504 g/mol. The molecule has 0 radical (unpaired) electrons. The summed E-state index contributed by atoms with van der Waals surface area (Å²) >= 11 is 1.61. The van der Waals surface area contributed by atoms with E-state index in [0.29, 0.717) is 11.5 Å². The van der Waals surface area contributed by atoms with Crippen LogP contribution in [0.4, 0.5) is 17.1 Å². The molecule has 1 aliphatic heterocycles. The maximum Gasteiger partial charge on any atom is 0.137 e. The molecule has 37 heavy (non-hydrogen) atoms. The van der Waals surface area contributed by atoms with Gasteiger partial charge in [0.05, 0.1) is 29.1 Å². The zero-order valence-corrected chi connectivity index (χ0v) is 20.6. The van der Waals surface area contributed by atoms with E-state index in [9.17, 15) is 0 Å².